The van der Waals surface area contributed by atoms with E-state index in [9.17, 15) is 5.11 Å². The standard InChI is InChI=1S/C14H23N3O/c1-3-7-15-13-5-4-12(9-16-13)10-17-8-6-14(2,18)11-17/h4-5,9,18H,3,6-8,10-11H2,1-2H3,(H,15,16). The van der Waals surface area contributed by atoms with Crippen molar-refractivity contribution in [2.75, 3.05) is 25.0 Å². The molecule has 1 aliphatic rings. The summed E-state index contributed by atoms with van der Waals surface area (Å²) >= 11 is 0. The number of aromatic nitrogens is 1. The molecule has 0 aromatic carbocycles. The summed E-state index contributed by atoms with van der Waals surface area (Å²) in [6, 6.07) is 4.14. The Bertz CT molecular complexity index is 375. The number of rotatable bonds is 5. The molecular weight excluding hydrogens is 226 g/mol. The monoisotopic (exact) mass is 249 g/mol. The second kappa shape index (κ2) is 5.67. The lowest BCUT2D eigenvalue weighted by molar-refractivity contribution is 0.0679. The van der Waals surface area contributed by atoms with E-state index in [4.69, 9.17) is 0 Å². The van der Waals surface area contributed by atoms with Crippen molar-refractivity contribution in [1.82, 2.24) is 9.88 Å². The van der Waals surface area contributed by atoms with Gasteiger partial charge in [-0.3, -0.25) is 4.90 Å². The first-order chi connectivity index (χ1) is 8.59. The second-order valence-electron chi connectivity index (χ2n) is 5.44. The smallest absolute Gasteiger partial charge is 0.125 e. The number of pyridine rings is 1. The molecule has 0 amide bonds. The van der Waals surface area contributed by atoms with Crippen LogP contribution in [0.2, 0.25) is 0 Å². The molecule has 1 aromatic rings. The number of hydrogen-bond donors (Lipinski definition) is 2. The fourth-order valence-corrected chi connectivity index (χ4v) is 2.31. The van der Waals surface area contributed by atoms with E-state index in [0.717, 1.165) is 44.8 Å². The Labute approximate surface area is 109 Å². The van der Waals surface area contributed by atoms with Crippen molar-refractivity contribution < 1.29 is 5.11 Å². The van der Waals surface area contributed by atoms with Gasteiger partial charge in [0.2, 0.25) is 0 Å². The lowest BCUT2D eigenvalue weighted by Crippen LogP contribution is -2.29. The molecular formula is C14H23N3O. The number of likely N-dealkylation sites (tertiary alicyclic amines) is 1. The zero-order valence-electron chi connectivity index (χ0n) is 11.3. The van der Waals surface area contributed by atoms with Crippen LogP contribution in [-0.4, -0.2) is 40.2 Å². The fourth-order valence-electron chi connectivity index (χ4n) is 2.31. The van der Waals surface area contributed by atoms with Crippen molar-refractivity contribution in [3.8, 4) is 0 Å². The summed E-state index contributed by atoms with van der Waals surface area (Å²) in [6.45, 7) is 7.59. The Balaban J connectivity index is 1.87. The largest absolute Gasteiger partial charge is 0.389 e. The van der Waals surface area contributed by atoms with Crippen molar-refractivity contribution in [3.05, 3.63) is 23.9 Å². The maximum absolute atomic E-state index is 9.92. The molecule has 2 heterocycles. The third kappa shape index (κ3) is 3.68. The van der Waals surface area contributed by atoms with Crippen molar-refractivity contribution >= 4 is 5.82 Å². The van der Waals surface area contributed by atoms with Crippen molar-refractivity contribution in [2.45, 2.75) is 38.8 Å². The van der Waals surface area contributed by atoms with E-state index in [1.54, 1.807) is 0 Å². The minimum atomic E-state index is -0.518. The highest BCUT2D eigenvalue weighted by atomic mass is 16.3. The Morgan fingerprint density at radius 3 is 2.89 bits per heavy atom. The molecule has 0 saturated carbocycles. The van der Waals surface area contributed by atoms with Crippen LogP contribution in [0.3, 0.4) is 0 Å². The average molecular weight is 249 g/mol. The van der Waals surface area contributed by atoms with Gasteiger partial charge in [0.25, 0.3) is 0 Å². The van der Waals surface area contributed by atoms with E-state index >= 15 is 0 Å². The quantitative estimate of drug-likeness (QED) is 0.836. The normalized spacial score (nSPS) is 24.4. The van der Waals surface area contributed by atoms with Crippen LogP contribution >= 0.6 is 0 Å². The first-order valence-corrected chi connectivity index (χ1v) is 6.72. The Kier molecular flexibility index (Phi) is 4.19. The van der Waals surface area contributed by atoms with Gasteiger partial charge in [0, 0.05) is 32.4 Å². The summed E-state index contributed by atoms with van der Waals surface area (Å²) < 4.78 is 0. The lowest BCUT2D eigenvalue weighted by Gasteiger charge is -2.18. The molecule has 1 atom stereocenters. The molecule has 100 valence electrons. The van der Waals surface area contributed by atoms with Crippen LogP contribution < -0.4 is 5.32 Å². The maximum Gasteiger partial charge on any atom is 0.125 e. The van der Waals surface area contributed by atoms with Gasteiger partial charge < -0.3 is 10.4 Å². The summed E-state index contributed by atoms with van der Waals surface area (Å²) in [7, 11) is 0. The first-order valence-electron chi connectivity index (χ1n) is 6.72. The highest BCUT2D eigenvalue weighted by molar-refractivity contribution is 5.35. The minimum Gasteiger partial charge on any atom is -0.389 e. The molecule has 0 bridgehead atoms. The van der Waals surface area contributed by atoms with Gasteiger partial charge in [0.1, 0.15) is 5.82 Å². The highest BCUT2D eigenvalue weighted by Gasteiger charge is 2.30. The molecule has 1 unspecified atom stereocenters. The van der Waals surface area contributed by atoms with E-state index in [1.165, 1.54) is 5.56 Å². The van der Waals surface area contributed by atoms with Crippen LogP contribution in [0, 0.1) is 0 Å². The summed E-state index contributed by atoms with van der Waals surface area (Å²) in [5.41, 5.74) is 0.686. The predicted molar refractivity (Wildman–Crippen MR) is 73.5 cm³/mol. The molecule has 4 heteroatoms. The van der Waals surface area contributed by atoms with Crippen LogP contribution in [0.5, 0.6) is 0 Å². The summed E-state index contributed by atoms with van der Waals surface area (Å²) in [5, 5.41) is 13.2. The van der Waals surface area contributed by atoms with Gasteiger partial charge in [-0.2, -0.15) is 0 Å². The SMILES string of the molecule is CCCNc1ccc(CN2CCC(C)(O)C2)cn1. The number of β-amino-alcohol motifs (C(OH)–C–C–N with tert-alkyl or cyclic N) is 1. The molecule has 1 aromatic heterocycles. The molecule has 18 heavy (non-hydrogen) atoms. The Morgan fingerprint density at radius 1 is 1.50 bits per heavy atom. The van der Waals surface area contributed by atoms with Gasteiger partial charge in [-0.15, -0.1) is 0 Å². The Hall–Kier alpha value is -1.13. The molecule has 0 spiro atoms. The van der Waals surface area contributed by atoms with Crippen molar-refractivity contribution in [1.29, 1.82) is 0 Å². The van der Waals surface area contributed by atoms with Crippen LogP contribution in [0.1, 0.15) is 32.3 Å². The summed E-state index contributed by atoms with van der Waals surface area (Å²) in [6.07, 6.45) is 3.88. The zero-order chi connectivity index (χ0) is 13.0. The van der Waals surface area contributed by atoms with Gasteiger partial charge in [-0.25, -0.2) is 4.98 Å². The summed E-state index contributed by atoms with van der Waals surface area (Å²) in [4.78, 5) is 6.67. The number of anilines is 1. The van der Waals surface area contributed by atoms with E-state index < -0.39 is 5.60 Å². The first kappa shape index (κ1) is 13.3. The van der Waals surface area contributed by atoms with Crippen LogP contribution in [0.25, 0.3) is 0 Å². The number of nitrogens with one attached hydrogen (secondary N) is 1. The van der Waals surface area contributed by atoms with E-state index in [-0.39, 0.29) is 0 Å². The Morgan fingerprint density at radius 2 is 2.33 bits per heavy atom. The molecule has 4 nitrogen and oxygen atoms in total. The third-order valence-electron chi connectivity index (χ3n) is 3.32. The molecule has 2 N–H and O–H groups in total. The van der Waals surface area contributed by atoms with Gasteiger partial charge in [-0.1, -0.05) is 13.0 Å². The highest BCUT2D eigenvalue weighted by Crippen LogP contribution is 2.21. The van der Waals surface area contributed by atoms with Gasteiger partial charge in [-0.05, 0) is 31.4 Å². The maximum atomic E-state index is 9.92. The van der Waals surface area contributed by atoms with E-state index in [0.29, 0.717) is 0 Å². The average Bonchev–Trinajstić information content (AvgIpc) is 2.68. The second-order valence-corrected chi connectivity index (χ2v) is 5.44. The van der Waals surface area contributed by atoms with E-state index in [1.807, 2.05) is 19.2 Å². The van der Waals surface area contributed by atoms with Crippen LogP contribution in [-0.2, 0) is 6.54 Å². The number of aliphatic hydroxyl groups is 1. The molecule has 1 saturated heterocycles. The van der Waals surface area contributed by atoms with Gasteiger partial charge in [0.05, 0.1) is 5.60 Å². The fraction of sp³-hybridized carbons (Fsp3) is 0.643. The van der Waals surface area contributed by atoms with E-state index in [2.05, 4.69) is 28.2 Å². The van der Waals surface area contributed by atoms with Gasteiger partial charge >= 0.3 is 0 Å². The van der Waals surface area contributed by atoms with Crippen LogP contribution in [0.4, 0.5) is 5.82 Å². The molecule has 1 fully saturated rings. The zero-order valence-corrected chi connectivity index (χ0v) is 11.3. The van der Waals surface area contributed by atoms with Crippen molar-refractivity contribution in [3.63, 3.8) is 0 Å². The van der Waals surface area contributed by atoms with Gasteiger partial charge in [0.15, 0.2) is 0 Å². The molecule has 0 radical (unpaired) electrons. The number of hydrogen-bond acceptors (Lipinski definition) is 4. The predicted octanol–water partition coefficient (Wildman–Crippen LogP) is 1.86. The molecule has 2 rings (SSSR count). The van der Waals surface area contributed by atoms with Crippen LogP contribution in [0.15, 0.2) is 18.3 Å². The number of nitrogens with zero attached hydrogens (tertiary/aromatic N) is 2. The molecule has 1 aliphatic heterocycles. The third-order valence-corrected chi connectivity index (χ3v) is 3.32. The lowest BCUT2D eigenvalue weighted by atomic mass is 10.1. The topological polar surface area (TPSA) is 48.4 Å². The van der Waals surface area contributed by atoms with Crippen molar-refractivity contribution in [2.24, 2.45) is 0 Å². The molecule has 0 aliphatic carbocycles. The minimum absolute atomic E-state index is 0.518. The summed E-state index contributed by atoms with van der Waals surface area (Å²) in [5.74, 6) is 0.939.